The van der Waals surface area contributed by atoms with Crippen molar-refractivity contribution in [2.75, 3.05) is 13.1 Å². The zero-order chi connectivity index (χ0) is 13.9. The molecular weight excluding hydrogens is 252 g/mol. The van der Waals surface area contributed by atoms with E-state index < -0.39 is 0 Å². The molecule has 2 aromatic rings. The number of carbonyl (C=O) groups excluding carboxylic acids is 1. The summed E-state index contributed by atoms with van der Waals surface area (Å²) in [5.41, 5.74) is 1.76. The molecule has 3 rings (SSSR count). The fourth-order valence-corrected chi connectivity index (χ4v) is 2.76. The Balaban J connectivity index is 1.61. The minimum Gasteiger partial charge on any atom is -0.361 e. The van der Waals surface area contributed by atoms with Crippen molar-refractivity contribution in [3.63, 3.8) is 0 Å². The van der Waals surface area contributed by atoms with Crippen LogP contribution in [0.4, 0.5) is 0 Å². The number of likely N-dealkylation sites (tertiary alicyclic amines) is 1. The third-order valence-electron chi connectivity index (χ3n) is 3.79. The molecule has 104 valence electrons. The van der Waals surface area contributed by atoms with Crippen LogP contribution < -0.4 is 0 Å². The molecule has 0 bridgehead atoms. The van der Waals surface area contributed by atoms with E-state index in [9.17, 15) is 4.79 Å². The number of aromatic nitrogens is 1. The molecule has 1 amide bonds. The number of rotatable bonds is 3. The maximum atomic E-state index is 12.3. The Morgan fingerprint density at radius 3 is 2.90 bits per heavy atom. The highest BCUT2D eigenvalue weighted by molar-refractivity contribution is 5.92. The molecule has 1 aromatic carbocycles. The van der Waals surface area contributed by atoms with Gasteiger partial charge >= 0.3 is 0 Å². The summed E-state index contributed by atoms with van der Waals surface area (Å²) in [6.45, 7) is 3.41. The van der Waals surface area contributed by atoms with Crippen LogP contribution in [0.2, 0.25) is 0 Å². The van der Waals surface area contributed by atoms with Crippen molar-refractivity contribution in [1.82, 2.24) is 10.1 Å². The van der Waals surface area contributed by atoms with Crippen molar-refractivity contribution in [3.8, 4) is 0 Å². The highest BCUT2D eigenvalue weighted by Crippen LogP contribution is 2.22. The second-order valence-electron chi connectivity index (χ2n) is 5.42. The molecule has 0 saturated carbocycles. The molecule has 2 heterocycles. The Morgan fingerprint density at radius 2 is 2.20 bits per heavy atom. The van der Waals surface area contributed by atoms with E-state index in [0.29, 0.717) is 17.4 Å². The largest absolute Gasteiger partial charge is 0.361 e. The van der Waals surface area contributed by atoms with Gasteiger partial charge in [0, 0.05) is 19.2 Å². The van der Waals surface area contributed by atoms with E-state index in [4.69, 9.17) is 4.52 Å². The summed E-state index contributed by atoms with van der Waals surface area (Å²) < 4.78 is 4.97. The number of nitrogens with zero attached hydrogens (tertiary/aromatic N) is 2. The Hall–Kier alpha value is -2.10. The predicted molar refractivity (Wildman–Crippen MR) is 75.4 cm³/mol. The number of hydrogen-bond acceptors (Lipinski definition) is 3. The lowest BCUT2D eigenvalue weighted by molar-refractivity contribution is 0.0776. The van der Waals surface area contributed by atoms with Crippen LogP contribution in [0.15, 0.2) is 40.9 Å². The SMILES string of the molecule is Cc1cc(C(=O)N2CCC(Cc3ccccc3)C2)no1. The lowest BCUT2D eigenvalue weighted by Gasteiger charge is -2.14. The van der Waals surface area contributed by atoms with Gasteiger partial charge in [-0.1, -0.05) is 35.5 Å². The van der Waals surface area contributed by atoms with Gasteiger partial charge in [0.2, 0.25) is 0 Å². The quantitative estimate of drug-likeness (QED) is 0.861. The summed E-state index contributed by atoms with van der Waals surface area (Å²) in [6.07, 6.45) is 2.08. The minimum absolute atomic E-state index is 0.0163. The van der Waals surface area contributed by atoms with E-state index in [-0.39, 0.29) is 5.91 Å². The van der Waals surface area contributed by atoms with Crippen molar-refractivity contribution in [2.45, 2.75) is 19.8 Å². The van der Waals surface area contributed by atoms with Crippen LogP contribution in [-0.4, -0.2) is 29.1 Å². The van der Waals surface area contributed by atoms with Crippen LogP contribution >= 0.6 is 0 Å². The molecule has 0 aliphatic carbocycles. The van der Waals surface area contributed by atoms with Crippen LogP contribution in [0.3, 0.4) is 0 Å². The van der Waals surface area contributed by atoms with E-state index in [0.717, 1.165) is 25.9 Å². The summed E-state index contributed by atoms with van der Waals surface area (Å²) >= 11 is 0. The van der Waals surface area contributed by atoms with E-state index in [2.05, 4.69) is 29.4 Å². The Labute approximate surface area is 118 Å². The first kappa shape index (κ1) is 12.9. The second kappa shape index (κ2) is 5.49. The zero-order valence-electron chi connectivity index (χ0n) is 11.6. The second-order valence-corrected chi connectivity index (χ2v) is 5.42. The number of hydrogen-bond donors (Lipinski definition) is 0. The van der Waals surface area contributed by atoms with Gasteiger partial charge in [0.25, 0.3) is 5.91 Å². The van der Waals surface area contributed by atoms with E-state index in [1.165, 1.54) is 5.56 Å². The van der Waals surface area contributed by atoms with Crippen LogP contribution in [0.1, 0.15) is 28.2 Å². The van der Waals surface area contributed by atoms with Crippen molar-refractivity contribution >= 4 is 5.91 Å². The normalized spacial score (nSPS) is 18.4. The fourth-order valence-electron chi connectivity index (χ4n) is 2.76. The molecule has 1 saturated heterocycles. The van der Waals surface area contributed by atoms with Gasteiger partial charge in [-0.2, -0.15) is 0 Å². The van der Waals surface area contributed by atoms with Gasteiger partial charge in [0.15, 0.2) is 5.69 Å². The maximum Gasteiger partial charge on any atom is 0.276 e. The highest BCUT2D eigenvalue weighted by atomic mass is 16.5. The molecule has 0 N–H and O–H groups in total. The van der Waals surface area contributed by atoms with E-state index >= 15 is 0 Å². The number of carbonyl (C=O) groups is 1. The molecule has 0 spiro atoms. The van der Waals surface area contributed by atoms with Gasteiger partial charge in [-0.25, -0.2) is 0 Å². The first-order valence-electron chi connectivity index (χ1n) is 6.99. The van der Waals surface area contributed by atoms with Gasteiger partial charge < -0.3 is 9.42 Å². The van der Waals surface area contributed by atoms with Crippen molar-refractivity contribution in [2.24, 2.45) is 5.92 Å². The summed E-state index contributed by atoms with van der Waals surface area (Å²) in [7, 11) is 0. The Morgan fingerprint density at radius 1 is 1.40 bits per heavy atom. The van der Waals surface area contributed by atoms with Gasteiger partial charge in [0.05, 0.1) is 0 Å². The third-order valence-corrected chi connectivity index (χ3v) is 3.79. The Kier molecular flexibility index (Phi) is 3.54. The monoisotopic (exact) mass is 270 g/mol. The summed E-state index contributed by atoms with van der Waals surface area (Å²) in [6, 6.07) is 12.1. The molecule has 1 atom stereocenters. The minimum atomic E-state index is -0.0163. The topological polar surface area (TPSA) is 46.3 Å². The third kappa shape index (κ3) is 2.74. The first-order valence-corrected chi connectivity index (χ1v) is 6.99. The maximum absolute atomic E-state index is 12.3. The molecule has 1 unspecified atom stereocenters. The summed E-state index contributed by atoms with van der Waals surface area (Å²) in [5.74, 6) is 1.19. The van der Waals surface area contributed by atoms with E-state index in [1.807, 2.05) is 11.0 Å². The van der Waals surface area contributed by atoms with Crippen LogP contribution in [0.5, 0.6) is 0 Å². The fraction of sp³-hybridized carbons (Fsp3) is 0.375. The smallest absolute Gasteiger partial charge is 0.276 e. The molecule has 1 aliphatic heterocycles. The average molecular weight is 270 g/mol. The van der Waals surface area contributed by atoms with Crippen molar-refractivity contribution in [1.29, 1.82) is 0 Å². The first-order chi connectivity index (χ1) is 9.72. The van der Waals surface area contributed by atoms with Crippen molar-refractivity contribution in [3.05, 3.63) is 53.4 Å². The van der Waals surface area contributed by atoms with Gasteiger partial charge in [-0.3, -0.25) is 4.79 Å². The van der Waals surface area contributed by atoms with E-state index in [1.54, 1.807) is 13.0 Å². The van der Waals surface area contributed by atoms with Crippen LogP contribution in [-0.2, 0) is 6.42 Å². The summed E-state index contributed by atoms with van der Waals surface area (Å²) in [5, 5.41) is 3.80. The number of benzene rings is 1. The number of amides is 1. The molecule has 1 fully saturated rings. The molecular formula is C16H18N2O2. The van der Waals surface area contributed by atoms with Crippen LogP contribution in [0.25, 0.3) is 0 Å². The Bertz CT molecular complexity index is 592. The molecule has 4 nitrogen and oxygen atoms in total. The van der Waals surface area contributed by atoms with Crippen LogP contribution in [0, 0.1) is 12.8 Å². The van der Waals surface area contributed by atoms with Gasteiger partial charge in [0.1, 0.15) is 5.76 Å². The molecule has 1 aromatic heterocycles. The lowest BCUT2D eigenvalue weighted by atomic mass is 9.99. The zero-order valence-corrected chi connectivity index (χ0v) is 11.6. The standard InChI is InChI=1S/C16H18N2O2/c1-12-9-15(17-20-12)16(19)18-8-7-14(11-18)10-13-5-3-2-4-6-13/h2-6,9,14H,7-8,10-11H2,1H3. The van der Waals surface area contributed by atoms with Gasteiger partial charge in [-0.05, 0) is 31.2 Å². The van der Waals surface area contributed by atoms with Crippen molar-refractivity contribution < 1.29 is 9.32 Å². The molecule has 20 heavy (non-hydrogen) atoms. The molecule has 0 radical (unpaired) electrons. The average Bonchev–Trinajstić information content (AvgIpc) is 3.08. The lowest BCUT2D eigenvalue weighted by Crippen LogP contribution is -2.29. The molecule has 4 heteroatoms. The van der Waals surface area contributed by atoms with Gasteiger partial charge in [-0.15, -0.1) is 0 Å². The predicted octanol–water partition coefficient (Wildman–Crippen LogP) is 2.69. The highest BCUT2D eigenvalue weighted by Gasteiger charge is 2.28. The summed E-state index contributed by atoms with van der Waals surface area (Å²) in [4.78, 5) is 14.1. The number of aryl methyl sites for hydroxylation is 1. The molecule has 1 aliphatic rings.